The molecule has 0 saturated carbocycles. The van der Waals surface area contributed by atoms with E-state index in [-0.39, 0.29) is 6.04 Å². The maximum atomic E-state index is 12.2. The number of carbonyl (C=O) groups is 1. The summed E-state index contributed by atoms with van der Waals surface area (Å²) < 4.78 is 3.55. The van der Waals surface area contributed by atoms with Gasteiger partial charge in [-0.15, -0.1) is 0 Å². The fraction of sp³-hybridized carbons (Fsp3) is 0.211. The zero-order chi connectivity index (χ0) is 19.2. The van der Waals surface area contributed by atoms with Crippen LogP contribution in [0.2, 0.25) is 5.02 Å². The van der Waals surface area contributed by atoms with Crippen LogP contribution in [-0.2, 0) is 4.74 Å². The van der Waals surface area contributed by atoms with Crippen molar-refractivity contribution in [1.29, 1.82) is 0 Å². The third kappa shape index (κ3) is 6.40. The molecule has 1 amide bonds. The molecule has 0 aliphatic heterocycles. The second-order valence-corrected chi connectivity index (χ2v) is 8.33. The van der Waals surface area contributed by atoms with Crippen molar-refractivity contribution < 1.29 is 9.53 Å². The zero-order valence-corrected chi connectivity index (χ0v) is 16.9. The van der Waals surface area contributed by atoms with E-state index in [1.165, 1.54) is 0 Å². The molecule has 0 aliphatic rings. The molecule has 0 aliphatic carbocycles. The second kappa shape index (κ2) is 9.52. The highest BCUT2D eigenvalue weighted by atomic mass is 35.6. The Bertz CT molecular complexity index is 760. The van der Waals surface area contributed by atoms with E-state index in [2.05, 4.69) is 5.32 Å². The van der Waals surface area contributed by atoms with Gasteiger partial charge in [0.25, 0.3) is 0 Å². The third-order valence-corrected chi connectivity index (χ3v) is 4.38. The Morgan fingerprint density at radius 2 is 1.69 bits per heavy atom. The predicted octanol–water partition coefficient (Wildman–Crippen LogP) is 6.58. The highest BCUT2D eigenvalue weighted by molar-refractivity contribution is 6.68. The largest absolute Gasteiger partial charge is 0.437 e. The summed E-state index contributed by atoms with van der Waals surface area (Å²) in [7, 11) is 0. The Morgan fingerprint density at radius 1 is 1.08 bits per heavy atom. The molecule has 1 N–H and O–H groups in total. The molecule has 0 aromatic heterocycles. The van der Waals surface area contributed by atoms with Crippen molar-refractivity contribution in [3.8, 4) is 0 Å². The average molecular weight is 433 g/mol. The fourth-order valence-electron chi connectivity index (χ4n) is 2.19. The first-order valence-electron chi connectivity index (χ1n) is 7.79. The summed E-state index contributed by atoms with van der Waals surface area (Å²) in [5, 5.41) is 3.30. The van der Waals surface area contributed by atoms with Crippen LogP contribution >= 0.6 is 46.4 Å². The van der Waals surface area contributed by atoms with Crippen molar-refractivity contribution in [2.75, 3.05) is 0 Å². The molecule has 3 nitrogen and oxygen atoms in total. The van der Waals surface area contributed by atoms with E-state index >= 15 is 0 Å². The van der Waals surface area contributed by atoms with Gasteiger partial charge in [-0.2, -0.15) is 0 Å². The normalized spacial score (nSPS) is 14.0. The Labute approximate surface area is 172 Å². The van der Waals surface area contributed by atoms with Gasteiger partial charge in [0.1, 0.15) is 0 Å². The van der Waals surface area contributed by atoms with Gasteiger partial charge in [0.15, 0.2) is 6.10 Å². The van der Waals surface area contributed by atoms with Crippen LogP contribution < -0.4 is 5.32 Å². The van der Waals surface area contributed by atoms with Crippen molar-refractivity contribution in [2.24, 2.45) is 0 Å². The molecule has 0 heterocycles. The number of amides is 1. The molecule has 0 spiro atoms. The molecule has 2 aromatic carbocycles. The Hall–Kier alpha value is -1.39. The molecule has 0 radical (unpaired) electrons. The highest BCUT2D eigenvalue weighted by Crippen LogP contribution is 2.42. The number of ether oxygens (including phenoxy) is 1. The van der Waals surface area contributed by atoms with E-state index < -0.39 is 16.0 Å². The van der Waals surface area contributed by atoms with Gasteiger partial charge in [0, 0.05) is 11.1 Å². The SMILES string of the molecule is C[C@H](/C=C/c1ccccc1Cl)NC(=O)O[C@H](c1ccccc1)C(Cl)(Cl)Cl. The minimum Gasteiger partial charge on any atom is -0.437 e. The summed E-state index contributed by atoms with van der Waals surface area (Å²) in [6.45, 7) is 1.79. The standard InChI is InChI=1S/C19H17Cl4NO2/c1-13(11-12-14-7-5-6-10-16(14)20)24-18(25)26-17(19(21,22)23)15-8-3-2-4-9-15/h2-13,17H,1H3,(H,24,25)/b12-11+/t13-,17-/m1/s1. The lowest BCUT2D eigenvalue weighted by Gasteiger charge is -2.25. The van der Waals surface area contributed by atoms with Gasteiger partial charge in [-0.05, 0) is 24.1 Å². The molecule has 2 rings (SSSR count). The van der Waals surface area contributed by atoms with Crippen LogP contribution in [0, 0.1) is 0 Å². The number of benzene rings is 2. The summed E-state index contributed by atoms with van der Waals surface area (Å²) in [5.41, 5.74) is 1.43. The molecule has 138 valence electrons. The maximum Gasteiger partial charge on any atom is 0.408 e. The van der Waals surface area contributed by atoms with Crippen LogP contribution in [0.5, 0.6) is 0 Å². The van der Waals surface area contributed by atoms with E-state index in [4.69, 9.17) is 51.1 Å². The lowest BCUT2D eigenvalue weighted by molar-refractivity contribution is 0.0980. The van der Waals surface area contributed by atoms with Gasteiger partial charge < -0.3 is 10.1 Å². The van der Waals surface area contributed by atoms with Crippen LogP contribution in [0.4, 0.5) is 4.79 Å². The maximum absolute atomic E-state index is 12.2. The summed E-state index contributed by atoms with van der Waals surface area (Å²) >= 11 is 24.0. The second-order valence-electron chi connectivity index (χ2n) is 5.55. The average Bonchev–Trinajstić information content (AvgIpc) is 2.59. The molecule has 0 unspecified atom stereocenters. The van der Waals surface area contributed by atoms with Crippen molar-refractivity contribution in [2.45, 2.75) is 22.9 Å². The number of alkyl carbamates (subject to hydrolysis) is 1. The van der Waals surface area contributed by atoms with Crippen LogP contribution in [0.3, 0.4) is 0 Å². The van der Waals surface area contributed by atoms with Crippen molar-refractivity contribution in [3.63, 3.8) is 0 Å². The number of rotatable bonds is 5. The summed E-state index contributed by atoms with van der Waals surface area (Å²) in [5.74, 6) is 0. The molecule has 26 heavy (non-hydrogen) atoms. The predicted molar refractivity (Wildman–Crippen MR) is 109 cm³/mol. The first-order valence-corrected chi connectivity index (χ1v) is 9.30. The van der Waals surface area contributed by atoms with E-state index in [9.17, 15) is 4.79 Å². The minimum absolute atomic E-state index is 0.314. The molecule has 0 fully saturated rings. The first-order chi connectivity index (χ1) is 12.3. The number of hydrogen-bond donors (Lipinski definition) is 1. The lowest BCUT2D eigenvalue weighted by Crippen LogP contribution is -2.35. The first kappa shape index (κ1) is 20.9. The van der Waals surface area contributed by atoms with E-state index in [1.54, 1.807) is 43.3 Å². The number of carbonyl (C=O) groups excluding carboxylic acids is 1. The summed E-state index contributed by atoms with van der Waals surface area (Å²) in [6, 6.07) is 15.9. The van der Waals surface area contributed by atoms with Gasteiger partial charge >= 0.3 is 6.09 Å². The van der Waals surface area contributed by atoms with Crippen LogP contribution in [-0.4, -0.2) is 15.9 Å². The Morgan fingerprint density at radius 3 is 2.31 bits per heavy atom. The van der Waals surface area contributed by atoms with Gasteiger partial charge in [-0.3, -0.25) is 0 Å². The Kier molecular flexibility index (Phi) is 7.66. The van der Waals surface area contributed by atoms with Crippen molar-refractivity contribution >= 4 is 58.6 Å². The smallest absolute Gasteiger partial charge is 0.408 e. The van der Waals surface area contributed by atoms with E-state index in [0.717, 1.165) is 5.56 Å². The molecule has 2 aromatic rings. The summed E-state index contributed by atoms with van der Waals surface area (Å²) in [4.78, 5) is 12.2. The number of hydrogen-bond acceptors (Lipinski definition) is 2. The molecule has 2 atom stereocenters. The monoisotopic (exact) mass is 431 g/mol. The van der Waals surface area contributed by atoms with Crippen molar-refractivity contribution in [3.05, 3.63) is 76.8 Å². The zero-order valence-electron chi connectivity index (χ0n) is 13.8. The van der Waals surface area contributed by atoms with Gasteiger partial charge in [0.05, 0.1) is 0 Å². The number of nitrogens with one attached hydrogen (secondary N) is 1. The quantitative estimate of drug-likeness (QED) is 0.541. The number of halogens is 4. The van der Waals surface area contributed by atoms with Gasteiger partial charge in [0.2, 0.25) is 3.79 Å². The lowest BCUT2D eigenvalue weighted by atomic mass is 10.1. The van der Waals surface area contributed by atoms with Gasteiger partial charge in [-0.1, -0.05) is 107 Å². The molecule has 0 bridgehead atoms. The van der Waals surface area contributed by atoms with Gasteiger partial charge in [-0.25, -0.2) is 4.79 Å². The molecule has 0 saturated heterocycles. The van der Waals surface area contributed by atoms with Crippen LogP contribution in [0.25, 0.3) is 6.08 Å². The van der Waals surface area contributed by atoms with E-state index in [0.29, 0.717) is 10.6 Å². The molecular formula is C19H17Cl4NO2. The fourth-order valence-corrected chi connectivity index (χ4v) is 2.90. The minimum atomic E-state index is -1.80. The van der Waals surface area contributed by atoms with Crippen LogP contribution in [0.1, 0.15) is 24.2 Å². The Balaban J connectivity index is 2.00. The van der Waals surface area contributed by atoms with Crippen LogP contribution in [0.15, 0.2) is 60.7 Å². The molecule has 7 heteroatoms. The topological polar surface area (TPSA) is 38.3 Å². The number of alkyl halides is 3. The highest BCUT2D eigenvalue weighted by Gasteiger charge is 2.37. The van der Waals surface area contributed by atoms with Crippen molar-refractivity contribution in [1.82, 2.24) is 5.32 Å². The summed E-state index contributed by atoms with van der Waals surface area (Å²) in [6.07, 6.45) is 1.88. The van der Waals surface area contributed by atoms with E-state index in [1.807, 2.05) is 30.3 Å². The third-order valence-electron chi connectivity index (χ3n) is 3.44. The molecular weight excluding hydrogens is 416 g/mol.